The molecule has 0 saturated carbocycles. The number of allylic oxidation sites excluding steroid dienone is 2. The van der Waals surface area contributed by atoms with E-state index in [1.807, 2.05) is 0 Å². The molecule has 2 rings (SSSR count). The minimum absolute atomic E-state index is 0.448. The maximum atomic E-state index is 12.7. The van der Waals surface area contributed by atoms with Crippen molar-refractivity contribution in [2.45, 2.75) is 25.7 Å². The second-order valence-electron chi connectivity index (χ2n) is 3.34. The molecule has 1 heterocycles. The number of hydrogen-bond donors (Lipinski definition) is 1. The van der Waals surface area contributed by atoms with Crippen molar-refractivity contribution in [3.05, 3.63) is 23.9 Å². The summed E-state index contributed by atoms with van der Waals surface area (Å²) in [5.74, 6) is -0.893. The van der Waals surface area contributed by atoms with Crippen molar-refractivity contribution < 1.29 is 9.50 Å². The van der Waals surface area contributed by atoms with Crippen LogP contribution in [-0.4, -0.2) is 15.1 Å². The molecular formula is C10H11FN2O. The van der Waals surface area contributed by atoms with Gasteiger partial charge in [-0.1, -0.05) is 6.08 Å². The van der Waals surface area contributed by atoms with E-state index < -0.39 is 11.7 Å². The zero-order valence-electron chi connectivity index (χ0n) is 7.70. The lowest BCUT2D eigenvalue weighted by molar-refractivity contribution is 0.407. The Hall–Kier alpha value is -1.45. The second kappa shape index (κ2) is 3.74. The van der Waals surface area contributed by atoms with Gasteiger partial charge in [-0.25, -0.2) is 4.98 Å². The number of rotatable bonds is 1. The van der Waals surface area contributed by atoms with E-state index in [0.717, 1.165) is 31.0 Å². The van der Waals surface area contributed by atoms with Crippen molar-refractivity contribution in [1.29, 1.82) is 0 Å². The van der Waals surface area contributed by atoms with E-state index in [-0.39, 0.29) is 0 Å². The van der Waals surface area contributed by atoms with Crippen LogP contribution < -0.4 is 0 Å². The first-order valence-electron chi connectivity index (χ1n) is 4.68. The van der Waals surface area contributed by atoms with Gasteiger partial charge in [0.05, 0.1) is 6.20 Å². The maximum absolute atomic E-state index is 12.7. The molecule has 1 aromatic rings. The molecule has 1 aliphatic carbocycles. The van der Waals surface area contributed by atoms with Crippen LogP contribution in [0.25, 0.3) is 5.57 Å². The molecule has 74 valence electrons. The van der Waals surface area contributed by atoms with E-state index in [1.54, 1.807) is 0 Å². The lowest BCUT2D eigenvalue weighted by Crippen LogP contribution is -1.98. The number of nitrogens with zero attached hydrogens (tertiary/aromatic N) is 2. The molecule has 1 N–H and O–H groups in total. The molecule has 0 aliphatic heterocycles. The highest BCUT2D eigenvalue weighted by Gasteiger charge is 2.11. The number of hydrogen-bond acceptors (Lipinski definition) is 3. The van der Waals surface area contributed by atoms with Crippen molar-refractivity contribution in [3.8, 4) is 5.88 Å². The summed E-state index contributed by atoms with van der Waals surface area (Å²) in [5, 5.41) is 9.08. The quantitative estimate of drug-likeness (QED) is 0.746. The molecule has 0 radical (unpaired) electrons. The Bertz CT molecular complexity index is 376. The Kier molecular flexibility index (Phi) is 2.43. The molecule has 0 unspecified atom stereocenters. The molecule has 14 heavy (non-hydrogen) atoms. The first kappa shape index (κ1) is 9.12. The normalized spacial score (nSPS) is 16.5. The van der Waals surface area contributed by atoms with Crippen molar-refractivity contribution in [2.75, 3.05) is 0 Å². The number of aromatic hydroxyl groups is 1. The average Bonchev–Trinajstić information content (AvgIpc) is 2.23. The minimum Gasteiger partial charge on any atom is -0.491 e. The van der Waals surface area contributed by atoms with Crippen LogP contribution in [0.3, 0.4) is 0 Å². The Labute approximate surface area is 81.3 Å². The highest BCUT2D eigenvalue weighted by Crippen LogP contribution is 2.25. The molecular weight excluding hydrogens is 183 g/mol. The Balaban J connectivity index is 2.32. The van der Waals surface area contributed by atoms with Crippen LogP contribution in [0.1, 0.15) is 31.5 Å². The van der Waals surface area contributed by atoms with Gasteiger partial charge in [-0.3, -0.25) is 0 Å². The van der Waals surface area contributed by atoms with Gasteiger partial charge in [-0.15, -0.1) is 0 Å². The van der Waals surface area contributed by atoms with E-state index in [0.29, 0.717) is 5.82 Å². The zero-order valence-corrected chi connectivity index (χ0v) is 7.70. The monoisotopic (exact) mass is 194 g/mol. The average molecular weight is 194 g/mol. The van der Waals surface area contributed by atoms with Crippen LogP contribution in [-0.2, 0) is 0 Å². The van der Waals surface area contributed by atoms with Crippen LogP contribution in [0.5, 0.6) is 5.88 Å². The van der Waals surface area contributed by atoms with Crippen LogP contribution in [0, 0.1) is 5.82 Å². The Morgan fingerprint density at radius 2 is 2.21 bits per heavy atom. The molecule has 0 atom stereocenters. The van der Waals surface area contributed by atoms with Gasteiger partial charge in [0.15, 0.2) is 5.82 Å². The lowest BCUT2D eigenvalue weighted by atomic mass is 9.99. The van der Waals surface area contributed by atoms with E-state index >= 15 is 0 Å². The summed E-state index contributed by atoms with van der Waals surface area (Å²) >= 11 is 0. The van der Waals surface area contributed by atoms with Crippen molar-refractivity contribution in [1.82, 2.24) is 9.97 Å². The standard InChI is InChI=1S/C10H11FN2O/c11-8-6-12-9(13-10(8)14)7-4-2-1-3-5-7/h4,6H,1-3,5H2,(H,12,13,14). The van der Waals surface area contributed by atoms with Crippen LogP contribution >= 0.6 is 0 Å². The summed E-state index contributed by atoms with van der Waals surface area (Å²) in [6.07, 6.45) is 7.26. The fraction of sp³-hybridized carbons (Fsp3) is 0.400. The van der Waals surface area contributed by atoms with Crippen LogP contribution in [0.4, 0.5) is 4.39 Å². The fourth-order valence-corrected chi connectivity index (χ4v) is 1.55. The van der Waals surface area contributed by atoms with E-state index in [2.05, 4.69) is 16.0 Å². The molecule has 4 heteroatoms. The molecule has 0 fully saturated rings. The Morgan fingerprint density at radius 3 is 2.86 bits per heavy atom. The van der Waals surface area contributed by atoms with Gasteiger partial charge in [0.1, 0.15) is 0 Å². The van der Waals surface area contributed by atoms with Crippen molar-refractivity contribution in [3.63, 3.8) is 0 Å². The molecule has 0 amide bonds. The van der Waals surface area contributed by atoms with Crippen molar-refractivity contribution >= 4 is 5.57 Å². The summed E-state index contributed by atoms with van der Waals surface area (Å²) in [4.78, 5) is 7.55. The predicted molar refractivity (Wildman–Crippen MR) is 50.1 cm³/mol. The summed E-state index contributed by atoms with van der Waals surface area (Å²) in [6, 6.07) is 0. The summed E-state index contributed by atoms with van der Waals surface area (Å²) in [6.45, 7) is 0. The van der Waals surface area contributed by atoms with Gasteiger partial charge < -0.3 is 5.11 Å². The van der Waals surface area contributed by atoms with Crippen LogP contribution in [0.15, 0.2) is 12.3 Å². The van der Waals surface area contributed by atoms with E-state index in [9.17, 15) is 4.39 Å². The summed E-state index contributed by atoms with van der Waals surface area (Å²) in [5.41, 5.74) is 1.01. The third-order valence-electron chi connectivity index (χ3n) is 2.30. The largest absolute Gasteiger partial charge is 0.491 e. The molecule has 0 bridgehead atoms. The molecule has 0 spiro atoms. The summed E-state index contributed by atoms with van der Waals surface area (Å²) in [7, 11) is 0. The SMILES string of the molecule is Oc1nc(C2=CCCCC2)ncc1F. The van der Waals surface area contributed by atoms with Gasteiger partial charge in [-0.05, 0) is 31.3 Å². The van der Waals surface area contributed by atoms with Gasteiger partial charge in [0.25, 0.3) is 5.88 Å². The predicted octanol–water partition coefficient (Wildman–Crippen LogP) is 2.28. The molecule has 1 aromatic heterocycles. The van der Waals surface area contributed by atoms with Gasteiger partial charge in [-0.2, -0.15) is 9.37 Å². The minimum atomic E-state index is -0.773. The fourth-order valence-electron chi connectivity index (χ4n) is 1.55. The number of aromatic nitrogens is 2. The lowest BCUT2D eigenvalue weighted by Gasteiger charge is -2.10. The second-order valence-corrected chi connectivity index (χ2v) is 3.34. The van der Waals surface area contributed by atoms with Gasteiger partial charge >= 0.3 is 0 Å². The molecule has 0 saturated heterocycles. The van der Waals surface area contributed by atoms with Crippen LogP contribution in [0.2, 0.25) is 0 Å². The van der Waals surface area contributed by atoms with Gasteiger partial charge in [0, 0.05) is 0 Å². The van der Waals surface area contributed by atoms with E-state index in [1.165, 1.54) is 6.42 Å². The third-order valence-corrected chi connectivity index (χ3v) is 2.30. The summed E-state index contributed by atoms with van der Waals surface area (Å²) < 4.78 is 12.7. The highest BCUT2D eigenvalue weighted by molar-refractivity contribution is 5.60. The smallest absolute Gasteiger partial charge is 0.251 e. The third kappa shape index (κ3) is 1.73. The van der Waals surface area contributed by atoms with E-state index in [4.69, 9.17) is 5.11 Å². The topological polar surface area (TPSA) is 46.0 Å². The van der Waals surface area contributed by atoms with Gasteiger partial charge in [0.2, 0.25) is 5.82 Å². The highest BCUT2D eigenvalue weighted by atomic mass is 19.1. The first-order chi connectivity index (χ1) is 6.77. The van der Waals surface area contributed by atoms with Crippen molar-refractivity contribution in [2.24, 2.45) is 0 Å². The molecule has 1 aliphatic rings. The zero-order chi connectivity index (χ0) is 9.97. The first-order valence-corrected chi connectivity index (χ1v) is 4.68. The Morgan fingerprint density at radius 1 is 1.36 bits per heavy atom. The maximum Gasteiger partial charge on any atom is 0.251 e. The molecule has 0 aromatic carbocycles. The molecule has 3 nitrogen and oxygen atoms in total. The number of halogens is 1.